The lowest BCUT2D eigenvalue weighted by molar-refractivity contribution is 0.0596. The molecule has 0 unspecified atom stereocenters. The van der Waals surface area contributed by atoms with Crippen LogP contribution in [0, 0.1) is 0 Å². The van der Waals surface area contributed by atoms with Gasteiger partial charge in [0, 0.05) is 29.3 Å². The Bertz CT molecular complexity index is 794. The molecule has 5 heteroatoms. The highest BCUT2D eigenvalue weighted by Gasteiger charge is 2.15. The number of fused-ring (bicyclic) bond motifs is 1. The van der Waals surface area contributed by atoms with Crippen molar-refractivity contribution in [1.82, 2.24) is 9.55 Å². The van der Waals surface area contributed by atoms with Crippen LogP contribution in [-0.2, 0) is 11.3 Å². The second-order valence-corrected chi connectivity index (χ2v) is 5.10. The Kier molecular flexibility index (Phi) is 3.62. The second-order valence-electron chi connectivity index (χ2n) is 4.66. The molecule has 4 nitrogen and oxygen atoms in total. The number of hydrogen-bond acceptors (Lipinski definition) is 3. The summed E-state index contributed by atoms with van der Waals surface area (Å²) in [7, 11) is 1.36. The lowest BCUT2D eigenvalue weighted by Crippen LogP contribution is -2.08. The van der Waals surface area contributed by atoms with Gasteiger partial charge in [0.2, 0.25) is 0 Å². The molecule has 0 fully saturated rings. The van der Waals surface area contributed by atoms with Gasteiger partial charge in [-0.15, -0.1) is 0 Å². The average molecular weight is 301 g/mol. The van der Waals surface area contributed by atoms with Gasteiger partial charge in [0.15, 0.2) is 5.69 Å². The fourth-order valence-corrected chi connectivity index (χ4v) is 2.44. The number of hydrogen-bond donors (Lipinski definition) is 0. The molecule has 0 radical (unpaired) electrons. The molecule has 0 N–H and O–H groups in total. The number of aromatic nitrogens is 2. The minimum atomic E-state index is -0.434. The van der Waals surface area contributed by atoms with E-state index in [1.165, 1.54) is 7.11 Å². The SMILES string of the molecule is COC(=O)c1nccc2ccn(Cc3ccc(Cl)cc3)c12. The smallest absolute Gasteiger partial charge is 0.358 e. The summed E-state index contributed by atoms with van der Waals surface area (Å²) >= 11 is 5.90. The number of esters is 1. The Morgan fingerprint density at radius 2 is 2.00 bits per heavy atom. The van der Waals surface area contributed by atoms with Gasteiger partial charge < -0.3 is 9.30 Å². The van der Waals surface area contributed by atoms with Crippen molar-refractivity contribution in [1.29, 1.82) is 0 Å². The Labute approximate surface area is 126 Å². The van der Waals surface area contributed by atoms with E-state index in [2.05, 4.69) is 4.98 Å². The van der Waals surface area contributed by atoms with Crippen LogP contribution in [0.1, 0.15) is 16.1 Å². The summed E-state index contributed by atoms with van der Waals surface area (Å²) in [5, 5.41) is 1.66. The molecule has 0 amide bonds. The van der Waals surface area contributed by atoms with Gasteiger partial charge in [-0.1, -0.05) is 23.7 Å². The summed E-state index contributed by atoms with van der Waals surface area (Å²) in [6, 6.07) is 11.5. The number of rotatable bonds is 3. The zero-order valence-electron chi connectivity index (χ0n) is 11.4. The highest BCUT2D eigenvalue weighted by atomic mass is 35.5. The predicted octanol–water partition coefficient (Wildman–Crippen LogP) is 3.52. The Balaban J connectivity index is 2.06. The first-order valence-electron chi connectivity index (χ1n) is 6.45. The standard InChI is InChI=1S/C16H13ClN2O2/c1-21-16(20)14-15-12(6-8-18-14)7-9-19(15)10-11-2-4-13(17)5-3-11/h2-9H,10H2,1H3. The first-order chi connectivity index (χ1) is 10.2. The Morgan fingerprint density at radius 1 is 1.24 bits per heavy atom. The van der Waals surface area contributed by atoms with Crippen molar-refractivity contribution in [3.63, 3.8) is 0 Å². The summed E-state index contributed by atoms with van der Waals surface area (Å²) in [5.74, 6) is -0.434. The van der Waals surface area contributed by atoms with Crippen LogP contribution in [0.5, 0.6) is 0 Å². The molecule has 0 aliphatic heterocycles. The molecule has 0 aliphatic carbocycles. The van der Waals surface area contributed by atoms with Crippen LogP contribution in [-0.4, -0.2) is 22.6 Å². The van der Waals surface area contributed by atoms with Crippen molar-refractivity contribution in [2.75, 3.05) is 7.11 Å². The number of carbonyl (C=O) groups is 1. The van der Waals surface area contributed by atoms with E-state index in [1.807, 2.05) is 47.2 Å². The van der Waals surface area contributed by atoms with E-state index < -0.39 is 5.97 Å². The van der Waals surface area contributed by atoms with Crippen LogP contribution in [0.3, 0.4) is 0 Å². The third-order valence-electron chi connectivity index (χ3n) is 3.32. The van der Waals surface area contributed by atoms with E-state index in [0.717, 1.165) is 16.5 Å². The summed E-state index contributed by atoms with van der Waals surface area (Å²) in [5.41, 5.74) is 2.20. The number of benzene rings is 1. The summed E-state index contributed by atoms with van der Waals surface area (Å²) in [4.78, 5) is 16.0. The maximum Gasteiger partial charge on any atom is 0.358 e. The normalized spacial score (nSPS) is 10.8. The van der Waals surface area contributed by atoms with E-state index >= 15 is 0 Å². The molecular formula is C16H13ClN2O2. The zero-order chi connectivity index (χ0) is 14.8. The number of ether oxygens (including phenoxy) is 1. The lowest BCUT2D eigenvalue weighted by atomic mass is 10.2. The van der Waals surface area contributed by atoms with Crippen LogP contribution < -0.4 is 0 Å². The first-order valence-corrected chi connectivity index (χ1v) is 6.83. The highest BCUT2D eigenvalue weighted by Crippen LogP contribution is 2.21. The minimum Gasteiger partial charge on any atom is -0.464 e. The molecule has 1 aromatic carbocycles. The second kappa shape index (κ2) is 5.58. The molecule has 106 valence electrons. The van der Waals surface area contributed by atoms with E-state index in [-0.39, 0.29) is 0 Å². The third kappa shape index (κ3) is 2.62. The van der Waals surface area contributed by atoms with E-state index in [1.54, 1.807) is 6.20 Å². The van der Waals surface area contributed by atoms with Gasteiger partial charge in [0.25, 0.3) is 0 Å². The molecule has 0 saturated heterocycles. The number of halogens is 1. The van der Waals surface area contributed by atoms with Gasteiger partial charge in [-0.25, -0.2) is 9.78 Å². The molecule has 2 aromatic heterocycles. The van der Waals surface area contributed by atoms with Crippen LogP contribution in [0.4, 0.5) is 0 Å². The van der Waals surface area contributed by atoms with Gasteiger partial charge in [0.05, 0.1) is 12.6 Å². The van der Waals surface area contributed by atoms with Crippen molar-refractivity contribution in [3.05, 3.63) is 65.1 Å². The molecule has 21 heavy (non-hydrogen) atoms. The van der Waals surface area contributed by atoms with E-state index in [0.29, 0.717) is 17.3 Å². The molecule has 0 saturated carbocycles. The molecule has 3 rings (SSSR count). The molecule has 0 aliphatic rings. The van der Waals surface area contributed by atoms with Gasteiger partial charge in [0.1, 0.15) is 0 Å². The molecule has 2 heterocycles. The summed E-state index contributed by atoms with van der Waals surface area (Å²) in [6.45, 7) is 0.635. The molecule has 0 atom stereocenters. The van der Waals surface area contributed by atoms with E-state index in [9.17, 15) is 4.79 Å². The van der Waals surface area contributed by atoms with Crippen molar-refractivity contribution in [2.45, 2.75) is 6.54 Å². The van der Waals surface area contributed by atoms with Crippen LogP contribution >= 0.6 is 11.6 Å². The fourth-order valence-electron chi connectivity index (χ4n) is 2.31. The fraction of sp³-hybridized carbons (Fsp3) is 0.125. The van der Waals surface area contributed by atoms with Crippen molar-refractivity contribution in [2.24, 2.45) is 0 Å². The van der Waals surface area contributed by atoms with Gasteiger partial charge in [-0.05, 0) is 29.8 Å². The number of methoxy groups -OCH3 is 1. The molecule has 0 bridgehead atoms. The van der Waals surface area contributed by atoms with Gasteiger partial charge in [-0.2, -0.15) is 0 Å². The highest BCUT2D eigenvalue weighted by molar-refractivity contribution is 6.30. The van der Waals surface area contributed by atoms with Gasteiger partial charge >= 0.3 is 5.97 Å². The van der Waals surface area contributed by atoms with Crippen LogP contribution in [0.2, 0.25) is 5.02 Å². The zero-order valence-corrected chi connectivity index (χ0v) is 12.2. The molecule has 0 spiro atoms. The van der Waals surface area contributed by atoms with E-state index in [4.69, 9.17) is 16.3 Å². The average Bonchev–Trinajstić information content (AvgIpc) is 2.92. The van der Waals surface area contributed by atoms with Crippen molar-refractivity contribution >= 4 is 28.5 Å². The number of nitrogens with zero attached hydrogens (tertiary/aromatic N) is 2. The van der Waals surface area contributed by atoms with Crippen LogP contribution in [0.15, 0.2) is 48.8 Å². The maximum absolute atomic E-state index is 11.9. The van der Waals surface area contributed by atoms with Crippen molar-refractivity contribution in [3.8, 4) is 0 Å². The minimum absolute atomic E-state index is 0.328. The van der Waals surface area contributed by atoms with Crippen LogP contribution in [0.25, 0.3) is 10.9 Å². The third-order valence-corrected chi connectivity index (χ3v) is 3.57. The quantitative estimate of drug-likeness (QED) is 0.695. The van der Waals surface area contributed by atoms with Crippen molar-refractivity contribution < 1.29 is 9.53 Å². The summed E-state index contributed by atoms with van der Waals surface area (Å²) < 4.78 is 6.79. The monoisotopic (exact) mass is 300 g/mol. The first kappa shape index (κ1) is 13.6. The number of carbonyl (C=O) groups excluding carboxylic acids is 1. The summed E-state index contributed by atoms with van der Waals surface area (Å²) in [6.07, 6.45) is 3.55. The Hall–Kier alpha value is -2.33. The lowest BCUT2D eigenvalue weighted by Gasteiger charge is -2.08. The largest absolute Gasteiger partial charge is 0.464 e. The predicted molar refractivity (Wildman–Crippen MR) is 81.6 cm³/mol. The molecular weight excluding hydrogens is 288 g/mol. The maximum atomic E-state index is 11.9. The number of pyridine rings is 1. The topological polar surface area (TPSA) is 44.1 Å². The Morgan fingerprint density at radius 3 is 2.71 bits per heavy atom. The molecule has 3 aromatic rings. The van der Waals surface area contributed by atoms with Gasteiger partial charge in [-0.3, -0.25) is 0 Å².